The van der Waals surface area contributed by atoms with Gasteiger partial charge in [0.05, 0.1) is 17.3 Å². The third kappa shape index (κ3) is 3.77. The van der Waals surface area contributed by atoms with Crippen LogP contribution in [0.3, 0.4) is 0 Å². The summed E-state index contributed by atoms with van der Waals surface area (Å²) in [6.45, 7) is 3.49. The molecule has 0 unspecified atom stereocenters. The normalized spacial score (nSPS) is 21.4. The standard InChI is InChI=1S/C20H22Cl2N2O.ClH/c21-16-6-7-17(22)20-19(16)15-8-10-23-11-9-18(15)24(20)12-13-25-14-4-2-1-3-5-14;/h1-7,15,18,23H,8-13H2;1H/t15-,18+;/m1./s1. The Hall–Kier alpha value is -1.13. The van der Waals surface area contributed by atoms with Crippen LogP contribution >= 0.6 is 35.6 Å². The maximum Gasteiger partial charge on any atom is 0.119 e. The van der Waals surface area contributed by atoms with E-state index in [1.165, 1.54) is 5.56 Å². The third-order valence-electron chi connectivity index (χ3n) is 5.23. The predicted octanol–water partition coefficient (Wildman–Crippen LogP) is 5.15. The van der Waals surface area contributed by atoms with Gasteiger partial charge in [-0.15, -0.1) is 12.4 Å². The molecule has 2 aromatic carbocycles. The van der Waals surface area contributed by atoms with Gasteiger partial charge in [0, 0.05) is 22.5 Å². The Morgan fingerprint density at radius 3 is 2.54 bits per heavy atom. The highest BCUT2D eigenvalue weighted by molar-refractivity contribution is 6.36. The molecule has 0 bridgehead atoms. The lowest BCUT2D eigenvalue weighted by Gasteiger charge is -2.29. The van der Waals surface area contributed by atoms with E-state index in [2.05, 4.69) is 10.2 Å². The Balaban J connectivity index is 0.00000196. The van der Waals surface area contributed by atoms with E-state index in [9.17, 15) is 0 Å². The molecule has 0 amide bonds. The topological polar surface area (TPSA) is 24.5 Å². The molecule has 2 aromatic rings. The zero-order chi connectivity index (χ0) is 17.2. The predicted molar refractivity (Wildman–Crippen MR) is 112 cm³/mol. The summed E-state index contributed by atoms with van der Waals surface area (Å²) in [4.78, 5) is 2.42. The lowest BCUT2D eigenvalue weighted by molar-refractivity contribution is 0.317. The van der Waals surface area contributed by atoms with Crippen molar-refractivity contribution < 1.29 is 4.74 Å². The molecule has 2 heterocycles. The van der Waals surface area contributed by atoms with E-state index in [1.54, 1.807) is 0 Å². The van der Waals surface area contributed by atoms with Crippen molar-refractivity contribution in [3.8, 4) is 5.75 Å². The van der Waals surface area contributed by atoms with Crippen molar-refractivity contribution in [2.75, 3.05) is 31.1 Å². The van der Waals surface area contributed by atoms with Crippen molar-refractivity contribution in [2.24, 2.45) is 0 Å². The van der Waals surface area contributed by atoms with Crippen LogP contribution in [-0.4, -0.2) is 32.3 Å². The number of rotatable bonds is 4. The summed E-state index contributed by atoms with van der Waals surface area (Å²) in [5.74, 6) is 1.34. The first kappa shape index (κ1) is 19.6. The fraction of sp³-hybridized carbons (Fsp3) is 0.400. The number of halogens is 3. The Morgan fingerprint density at radius 2 is 1.73 bits per heavy atom. The van der Waals surface area contributed by atoms with Gasteiger partial charge in [-0.1, -0.05) is 41.4 Å². The molecule has 26 heavy (non-hydrogen) atoms. The SMILES string of the molecule is Cl.Clc1ccc(Cl)c2c1[C@@H]1CCNCC[C@@H]1N2CCOc1ccccc1. The van der Waals surface area contributed by atoms with Crippen LogP contribution in [-0.2, 0) is 0 Å². The van der Waals surface area contributed by atoms with Gasteiger partial charge in [-0.05, 0) is 50.2 Å². The number of ether oxygens (including phenoxy) is 1. The molecular formula is C20H23Cl3N2O. The quantitative estimate of drug-likeness (QED) is 0.750. The van der Waals surface area contributed by atoms with Gasteiger partial charge in [-0.2, -0.15) is 0 Å². The summed E-state index contributed by atoms with van der Waals surface area (Å²) >= 11 is 13.2. The Kier molecular flexibility index (Phi) is 6.57. The van der Waals surface area contributed by atoms with Crippen LogP contribution in [0.2, 0.25) is 10.0 Å². The van der Waals surface area contributed by atoms with Crippen molar-refractivity contribution in [1.29, 1.82) is 0 Å². The minimum atomic E-state index is 0. The molecule has 0 aromatic heterocycles. The zero-order valence-electron chi connectivity index (χ0n) is 14.5. The Bertz CT molecular complexity index is 741. The minimum absolute atomic E-state index is 0. The molecule has 3 nitrogen and oxygen atoms in total. The van der Waals surface area contributed by atoms with E-state index < -0.39 is 0 Å². The van der Waals surface area contributed by atoms with Crippen molar-refractivity contribution in [1.82, 2.24) is 5.32 Å². The highest BCUT2D eigenvalue weighted by Crippen LogP contribution is 2.50. The Labute approximate surface area is 171 Å². The third-order valence-corrected chi connectivity index (χ3v) is 5.87. The fourth-order valence-electron chi connectivity index (χ4n) is 4.16. The molecule has 0 aliphatic carbocycles. The lowest BCUT2D eigenvalue weighted by atomic mass is 9.91. The number of nitrogens with zero attached hydrogens (tertiary/aromatic N) is 1. The Morgan fingerprint density at radius 1 is 1.00 bits per heavy atom. The summed E-state index contributed by atoms with van der Waals surface area (Å²) in [6.07, 6.45) is 2.19. The maximum atomic E-state index is 6.58. The average molecular weight is 414 g/mol. The number of anilines is 1. The van der Waals surface area contributed by atoms with Gasteiger partial charge in [0.25, 0.3) is 0 Å². The molecular weight excluding hydrogens is 391 g/mol. The molecule has 2 aliphatic rings. The van der Waals surface area contributed by atoms with E-state index in [1.807, 2.05) is 42.5 Å². The summed E-state index contributed by atoms with van der Waals surface area (Å²) in [6, 6.07) is 14.2. The van der Waals surface area contributed by atoms with Crippen LogP contribution < -0.4 is 15.0 Å². The first-order valence-electron chi connectivity index (χ1n) is 8.89. The number of para-hydroxylation sites is 1. The van der Waals surface area contributed by atoms with Crippen molar-refractivity contribution >= 4 is 41.3 Å². The zero-order valence-corrected chi connectivity index (χ0v) is 16.8. The van der Waals surface area contributed by atoms with E-state index in [4.69, 9.17) is 27.9 Å². The molecule has 0 saturated carbocycles. The number of nitrogens with one attached hydrogen (secondary N) is 1. The molecule has 2 aliphatic heterocycles. The molecule has 1 fully saturated rings. The summed E-state index contributed by atoms with van der Waals surface area (Å²) in [5.41, 5.74) is 2.34. The van der Waals surface area contributed by atoms with Gasteiger partial charge in [-0.3, -0.25) is 0 Å². The van der Waals surface area contributed by atoms with Crippen LogP contribution in [0, 0.1) is 0 Å². The van der Waals surface area contributed by atoms with Gasteiger partial charge in [0.1, 0.15) is 12.4 Å². The first-order chi connectivity index (χ1) is 12.3. The molecule has 1 saturated heterocycles. The first-order valence-corrected chi connectivity index (χ1v) is 9.64. The van der Waals surface area contributed by atoms with Crippen LogP contribution in [0.1, 0.15) is 24.3 Å². The van der Waals surface area contributed by atoms with Gasteiger partial charge < -0.3 is 15.0 Å². The molecule has 1 N–H and O–H groups in total. The second-order valence-corrected chi connectivity index (χ2v) is 7.46. The van der Waals surface area contributed by atoms with Crippen LogP contribution in [0.4, 0.5) is 5.69 Å². The van der Waals surface area contributed by atoms with E-state index in [-0.39, 0.29) is 12.4 Å². The number of benzene rings is 2. The largest absolute Gasteiger partial charge is 0.492 e. The molecule has 4 rings (SSSR count). The molecule has 140 valence electrons. The fourth-order valence-corrected chi connectivity index (χ4v) is 4.73. The summed E-state index contributed by atoms with van der Waals surface area (Å²) in [7, 11) is 0. The van der Waals surface area contributed by atoms with Gasteiger partial charge in [-0.25, -0.2) is 0 Å². The molecule has 0 spiro atoms. The van der Waals surface area contributed by atoms with Gasteiger partial charge in [0.2, 0.25) is 0 Å². The summed E-state index contributed by atoms with van der Waals surface area (Å²) < 4.78 is 5.93. The van der Waals surface area contributed by atoms with Gasteiger partial charge >= 0.3 is 0 Å². The average Bonchev–Trinajstić information content (AvgIpc) is 2.78. The monoisotopic (exact) mass is 412 g/mol. The number of hydrogen-bond donors (Lipinski definition) is 1. The van der Waals surface area contributed by atoms with E-state index >= 15 is 0 Å². The highest BCUT2D eigenvalue weighted by atomic mass is 35.5. The van der Waals surface area contributed by atoms with Crippen molar-refractivity contribution in [3.63, 3.8) is 0 Å². The maximum absolute atomic E-state index is 6.58. The van der Waals surface area contributed by atoms with Crippen LogP contribution in [0.25, 0.3) is 0 Å². The van der Waals surface area contributed by atoms with Gasteiger partial charge in [0.15, 0.2) is 0 Å². The number of fused-ring (bicyclic) bond motifs is 3. The molecule has 2 atom stereocenters. The van der Waals surface area contributed by atoms with E-state index in [0.29, 0.717) is 18.6 Å². The smallest absolute Gasteiger partial charge is 0.119 e. The van der Waals surface area contributed by atoms with Crippen molar-refractivity contribution in [2.45, 2.75) is 24.8 Å². The highest BCUT2D eigenvalue weighted by Gasteiger charge is 2.41. The van der Waals surface area contributed by atoms with Crippen molar-refractivity contribution in [3.05, 3.63) is 58.1 Å². The van der Waals surface area contributed by atoms with E-state index in [0.717, 1.165) is 54.0 Å². The van der Waals surface area contributed by atoms with Crippen LogP contribution in [0.15, 0.2) is 42.5 Å². The second kappa shape index (κ2) is 8.71. The molecule has 6 heteroatoms. The van der Waals surface area contributed by atoms with Crippen LogP contribution in [0.5, 0.6) is 5.75 Å². The summed E-state index contributed by atoms with van der Waals surface area (Å²) in [5, 5.41) is 5.14. The second-order valence-electron chi connectivity index (χ2n) is 6.65. The minimum Gasteiger partial charge on any atom is -0.492 e. The number of hydrogen-bond acceptors (Lipinski definition) is 3. The molecule has 0 radical (unpaired) electrons. The lowest BCUT2D eigenvalue weighted by Crippen LogP contribution is -2.37.